The van der Waals surface area contributed by atoms with Crippen molar-refractivity contribution in [2.45, 2.75) is 82.8 Å². The number of nitrogens with one attached hydrogen (secondary N) is 2. The highest BCUT2D eigenvalue weighted by Gasteiger charge is 2.41. The summed E-state index contributed by atoms with van der Waals surface area (Å²) in [6, 6.07) is 30.1. The highest BCUT2D eigenvalue weighted by Crippen LogP contribution is 2.47. The van der Waals surface area contributed by atoms with E-state index in [4.69, 9.17) is 14.7 Å². The summed E-state index contributed by atoms with van der Waals surface area (Å²) in [5, 5.41) is 6.77. The molecule has 47 heavy (non-hydrogen) atoms. The van der Waals surface area contributed by atoms with E-state index in [0.29, 0.717) is 0 Å². The molecule has 2 saturated carbocycles. The van der Waals surface area contributed by atoms with E-state index >= 15 is 0 Å². The number of nitrogens with zero attached hydrogens (tertiary/aromatic N) is 3. The number of imidazole rings is 1. The van der Waals surface area contributed by atoms with Gasteiger partial charge in [0.15, 0.2) is 5.82 Å². The van der Waals surface area contributed by atoms with Crippen LogP contribution in [0, 0.1) is 0 Å². The predicted octanol–water partition coefficient (Wildman–Crippen LogP) is 9.67. The molecule has 0 bridgehead atoms. The molecule has 0 saturated heterocycles. The molecule has 2 fully saturated rings. The number of carbonyl (C=O) groups is 1. The van der Waals surface area contributed by atoms with E-state index in [1.165, 1.54) is 24.8 Å². The average molecular weight is 624 g/mol. The average Bonchev–Trinajstić information content (AvgIpc) is 3.35. The van der Waals surface area contributed by atoms with Crippen molar-refractivity contribution in [2.75, 3.05) is 5.32 Å². The van der Waals surface area contributed by atoms with Crippen LogP contribution >= 0.6 is 0 Å². The van der Waals surface area contributed by atoms with Crippen LogP contribution in [-0.4, -0.2) is 26.2 Å². The number of ether oxygens (including phenoxy) is 1. The van der Waals surface area contributed by atoms with Gasteiger partial charge in [-0.15, -0.1) is 0 Å². The number of pyridine rings is 1. The molecule has 3 heterocycles. The molecular formula is C40H41N5O2. The zero-order valence-electron chi connectivity index (χ0n) is 27.6. The normalized spacial score (nSPS) is 17.0. The Morgan fingerprint density at radius 2 is 1.53 bits per heavy atom. The van der Waals surface area contributed by atoms with Gasteiger partial charge in [0.1, 0.15) is 11.4 Å². The highest BCUT2D eigenvalue weighted by molar-refractivity contribution is 5.91. The lowest BCUT2D eigenvalue weighted by Crippen LogP contribution is -2.52. The number of amides is 1. The fraction of sp³-hybridized carbons (Fsp3) is 0.325. The summed E-state index contributed by atoms with van der Waals surface area (Å²) in [6.45, 7) is 8.05. The SMILES string of the molecule is CC(C)(C)OC(=O)NC1(c2ccc(-c3nc4n(c3-c3ccc(C5(C)CCC5)cc3)-c3cccnc3Nc3ccccc3-4)cc2)CCC1. The van der Waals surface area contributed by atoms with Crippen LogP contribution in [0.1, 0.15) is 77.3 Å². The van der Waals surface area contributed by atoms with Crippen molar-refractivity contribution >= 4 is 17.6 Å². The van der Waals surface area contributed by atoms with E-state index in [9.17, 15) is 4.79 Å². The van der Waals surface area contributed by atoms with E-state index in [2.05, 4.69) is 94.9 Å². The molecule has 2 aromatic heterocycles. The van der Waals surface area contributed by atoms with Crippen LogP contribution < -0.4 is 10.6 Å². The number of anilines is 2. The third kappa shape index (κ3) is 5.09. The van der Waals surface area contributed by atoms with E-state index in [1.54, 1.807) is 0 Å². The van der Waals surface area contributed by atoms with Gasteiger partial charge in [-0.2, -0.15) is 0 Å². The maximum Gasteiger partial charge on any atom is 0.408 e. The second kappa shape index (κ2) is 10.8. The molecular weight excluding hydrogens is 582 g/mol. The minimum absolute atomic E-state index is 0.260. The number of rotatable bonds is 5. The van der Waals surface area contributed by atoms with Crippen molar-refractivity contribution in [1.82, 2.24) is 19.9 Å². The molecule has 8 rings (SSSR count). The fourth-order valence-electron chi connectivity index (χ4n) is 7.38. The fourth-order valence-corrected chi connectivity index (χ4v) is 7.38. The monoisotopic (exact) mass is 623 g/mol. The van der Waals surface area contributed by atoms with Gasteiger partial charge < -0.3 is 15.4 Å². The smallest absolute Gasteiger partial charge is 0.408 e. The Morgan fingerprint density at radius 3 is 2.19 bits per heavy atom. The quantitative estimate of drug-likeness (QED) is 0.200. The molecule has 2 aliphatic carbocycles. The molecule has 0 spiro atoms. The summed E-state index contributed by atoms with van der Waals surface area (Å²) in [5.74, 6) is 1.66. The number of hydrogen-bond donors (Lipinski definition) is 2. The van der Waals surface area contributed by atoms with Crippen LogP contribution in [0.5, 0.6) is 0 Å². The second-order valence-electron chi connectivity index (χ2n) is 14.6. The van der Waals surface area contributed by atoms with Gasteiger partial charge in [0, 0.05) is 22.9 Å². The molecule has 1 aliphatic heterocycles. The number of hydrogen-bond acceptors (Lipinski definition) is 5. The number of alkyl carbamates (subject to hydrolysis) is 1. The van der Waals surface area contributed by atoms with Gasteiger partial charge in [0.05, 0.1) is 28.3 Å². The summed E-state index contributed by atoms with van der Waals surface area (Å²) in [7, 11) is 0. The van der Waals surface area contributed by atoms with Crippen molar-refractivity contribution in [2.24, 2.45) is 0 Å². The number of benzene rings is 3. The van der Waals surface area contributed by atoms with Gasteiger partial charge in [-0.1, -0.05) is 74.0 Å². The molecule has 7 nitrogen and oxygen atoms in total. The molecule has 3 aromatic carbocycles. The van der Waals surface area contributed by atoms with Crippen LogP contribution in [0.2, 0.25) is 0 Å². The number of aromatic nitrogens is 3. The van der Waals surface area contributed by atoms with Crippen molar-refractivity contribution in [1.29, 1.82) is 0 Å². The summed E-state index contributed by atoms with van der Waals surface area (Å²) in [6.07, 6.45) is 8.04. The first kappa shape index (κ1) is 29.5. The Morgan fingerprint density at radius 1 is 0.851 bits per heavy atom. The number of carbonyl (C=O) groups excluding carboxylic acids is 1. The zero-order valence-corrected chi connectivity index (χ0v) is 27.6. The zero-order chi connectivity index (χ0) is 32.4. The first-order chi connectivity index (χ1) is 22.6. The molecule has 0 atom stereocenters. The Balaban J connectivity index is 1.27. The molecule has 0 unspecified atom stereocenters. The topological polar surface area (TPSA) is 81.1 Å². The Hall–Kier alpha value is -4.91. The number of para-hydroxylation sites is 1. The van der Waals surface area contributed by atoms with E-state index in [1.807, 2.05) is 39.1 Å². The van der Waals surface area contributed by atoms with Crippen molar-refractivity contribution in [3.05, 3.63) is 102 Å². The lowest BCUT2D eigenvalue weighted by atomic mass is 9.66. The first-order valence-electron chi connectivity index (χ1n) is 16.8. The Kier molecular flexibility index (Phi) is 6.79. The van der Waals surface area contributed by atoms with Crippen LogP contribution in [0.15, 0.2) is 91.1 Å². The van der Waals surface area contributed by atoms with Crippen molar-refractivity contribution in [3.8, 4) is 39.6 Å². The van der Waals surface area contributed by atoms with Crippen LogP contribution in [-0.2, 0) is 15.7 Å². The van der Waals surface area contributed by atoms with Gasteiger partial charge in [0.2, 0.25) is 0 Å². The third-order valence-corrected chi connectivity index (χ3v) is 10.3. The summed E-state index contributed by atoms with van der Waals surface area (Å²) < 4.78 is 7.90. The first-order valence-corrected chi connectivity index (χ1v) is 16.8. The van der Waals surface area contributed by atoms with E-state index in [-0.39, 0.29) is 11.5 Å². The summed E-state index contributed by atoms with van der Waals surface area (Å²) in [5.41, 5.74) is 8.76. The minimum atomic E-state index is -0.551. The molecule has 2 N–H and O–H groups in total. The van der Waals surface area contributed by atoms with Gasteiger partial charge in [-0.05, 0) is 93.7 Å². The third-order valence-electron chi connectivity index (χ3n) is 10.3. The standard InChI is InChI=1S/C40H41N5O2/c1-38(2,3)47-37(46)44-40(23-9-24-40)29-19-13-26(14-20-29)33-34(27-15-17-28(18-16-27)39(4)21-8-22-39)45-32-12-7-25-41-35(32)42-31-11-6-5-10-30(31)36(45)43-33/h5-7,10-20,25H,8-9,21-24H2,1-4H3,(H,41,42)(H,44,46). The highest BCUT2D eigenvalue weighted by atomic mass is 16.6. The lowest BCUT2D eigenvalue weighted by molar-refractivity contribution is 0.0377. The summed E-state index contributed by atoms with van der Waals surface area (Å²) in [4.78, 5) is 23.0. The summed E-state index contributed by atoms with van der Waals surface area (Å²) >= 11 is 0. The van der Waals surface area contributed by atoms with Gasteiger partial charge in [-0.25, -0.2) is 14.8 Å². The molecule has 0 radical (unpaired) electrons. The lowest BCUT2D eigenvalue weighted by Gasteiger charge is -2.43. The molecule has 5 aromatic rings. The van der Waals surface area contributed by atoms with Crippen LogP contribution in [0.3, 0.4) is 0 Å². The maximum absolute atomic E-state index is 12.8. The van der Waals surface area contributed by atoms with E-state index < -0.39 is 11.1 Å². The molecule has 3 aliphatic rings. The van der Waals surface area contributed by atoms with Crippen molar-refractivity contribution < 1.29 is 9.53 Å². The van der Waals surface area contributed by atoms with Crippen LogP contribution in [0.25, 0.3) is 39.6 Å². The molecule has 7 heteroatoms. The predicted molar refractivity (Wildman–Crippen MR) is 187 cm³/mol. The van der Waals surface area contributed by atoms with Crippen molar-refractivity contribution in [3.63, 3.8) is 0 Å². The Bertz CT molecular complexity index is 1980. The van der Waals surface area contributed by atoms with Crippen LogP contribution in [0.4, 0.5) is 16.3 Å². The molecule has 238 valence electrons. The minimum Gasteiger partial charge on any atom is -0.444 e. The molecule has 1 amide bonds. The number of fused-ring (bicyclic) bond motifs is 5. The van der Waals surface area contributed by atoms with Gasteiger partial charge >= 0.3 is 6.09 Å². The van der Waals surface area contributed by atoms with Gasteiger partial charge in [0.25, 0.3) is 0 Å². The van der Waals surface area contributed by atoms with E-state index in [0.717, 1.165) is 75.9 Å². The maximum atomic E-state index is 12.8. The second-order valence-corrected chi connectivity index (χ2v) is 14.6. The Labute approximate surface area is 276 Å². The van der Waals surface area contributed by atoms with Gasteiger partial charge in [-0.3, -0.25) is 4.57 Å². The largest absolute Gasteiger partial charge is 0.444 e.